The number of anilines is 1. The third-order valence-electron chi connectivity index (χ3n) is 6.45. The molecule has 7 nitrogen and oxygen atoms in total. The Hall–Kier alpha value is -3.65. The fraction of sp³-hybridized carbons (Fsp3) is 0.333. The summed E-state index contributed by atoms with van der Waals surface area (Å²) < 4.78 is 29.0. The number of hydrogen-bond acceptors (Lipinski definition) is 4. The summed E-state index contributed by atoms with van der Waals surface area (Å²) in [6.07, 6.45) is 0.380. The highest BCUT2D eigenvalue weighted by Crippen LogP contribution is 2.27. The minimum Gasteiger partial charge on any atom is -0.357 e. The molecule has 3 rings (SSSR count). The van der Waals surface area contributed by atoms with Crippen LogP contribution in [0.5, 0.6) is 0 Å². The number of amides is 2. The van der Waals surface area contributed by atoms with Crippen molar-refractivity contribution in [3.8, 4) is 0 Å². The van der Waals surface area contributed by atoms with Crippen LogP contribution in [-0.2, 0) is 26.2 Å². The van der Waals surface area contributed by atoms with Crippen LogP contribution in [0.2, 0.25) is 0 Å². The van der Waals surface area contributed by atoms with Crippen LogP contribution in [-0.4, -0.2) is 44.8 Å². The highest BCUT2D eigenvalue weighted by molar-refractivity contribution is 7.92. The molecule has 0 aliphatic rings. The number of aryl methyl sites for hydroxylation is 4. The van der Waals surface area contributed by atoms with Gasteiger partial charge in [-0.1, -0.05) is 60.5 Å². The van der Waals surface area contributed by atoms with Crippen LogP contribution < -0.4 is 9.62 Å². The van der Waals surface area contributed by atoms with E-state index in [-0.39, 0.29) is 17.3 Å². The summed E-state index contributed by atoms with van der Waals surface area (Å²) in [5.74, 6) is -0.760. The molecule has 0 saturated carbocycles. The molecule has 0 unspecified atom stereocenters. The third-order valence-corrected chi connectivity index (χ3v) is 8.24. The molecule has 1 atom stereocenters. The molecule has 0 aliphatic carbocycles. The Morgan fingerprint density at radius 3 is 2.03 bits per heavy atom. The highest BCUT2D eigenvalue weighted by atomic mass is 32.2. The lowest BCUT2D eigenvalue weighted by Crippen LogP contribution is -2.51. The lowest BCUT2D eigenvalue weighted by atomic mass is 10.1. The van der Waals surface area contributed by atoms with Crippen LogP contribution in [0.1, 0.15) is 41.2 Å². The van der Waals surface area contributed by atoms with Gasteiger partial charge in [0.05, 0.1) is 10.6 Å². The summed E-state index contributed by atoms with van der Waals surface area (Å²) in [6, 6.07) is 19.0. The monoisotopic (exact) mass is 535 g/mol. The molecule has 202 valence electrons. The summed E-state index contributed by atoms with van der Waals surface area (Å²) in [5, 5.41) is 2.65. The second kappa shape index (κ2) is 12.3. The summed E-state index contributed by atoms with van der Waals surface area (Å²) in [4.78, 5) is 28.4. The van der Waals surface area contributed by atoms with Crippen molar-refractivity contribution in [2.75, 3.05) is 17.9 Å². The Morgan fingerprint density at radius 1 is 0.842 bits per heavy atom. The van der Waals surface area contributed by atoms with Gasteiger partial charge < -0.3 is 10.2 Å². The summed E-state index contributed by atoms with van der Waals surface area (Å²) in [6.45, 7) is 9.18. The molecule has 2 amide bonds. The van der Waals surface area contributed by atoms with E-state index >= 15 is 0 Å². The van der Waals surface area contributed by atoms with Crippen LogP contribution in [0.15, 0.2) is 71.6 Å². The van der Waals surface area contributed by atoms with Gasteiger partial charge in [0.15, 0.2) is 0 Å². The van der Waals surface area contributed by atoms with Crippen molar-refractivity contribution in [3.05, 3.63) is 94.5 Å². The molecule has 0 saturated heterocycles. The standard InChI is InChI=1S/C30H37N3O4S/c1-7-28(30(35)31-6)32(19-25-10-8-9-22(3)16-25)29(34)20-33(26-17-23(4)15-24(5)18-26)38(36,37)27-13-11-21(2)12-14-27/h8-18,28H,7,19-20H2,1-6H3,(H,31,35)/t28-/m1/s1. The van der Waals surface area contributed by atoms with E-state index in [0.29, 0.717) is 12.1 Å². The van der Waals surface area contributed by atoms with E-state index in [1.54, 1.807) is 36.4 Å². The minimum absolute atomic E-state index is 0.0960. The van der Waals surface area contributed by atoms with Crippen LogP contribution in [0.4, 0.5) is 5.69 Å². The first-order valence-electron chi connectivity index (χ1n) is 12.7. The molecule has 38 heavy (non-hydrogen) atoms. The molecule has 3 aromatic rings. The Kier molecular flexibility index (Phi) is 9.33. The van der Waals surface area contributed by atoms with Crippen LogP contribution in [0.25, 0.3) is 0 Å². The van der Waals surface area contributed by atoms with Crippen molar-refractivity contribution < 1.29 is 18.0 Å². The van der Waals surface area contributed by atoms with Gasteiger partial charge in [-0.15, -0.1) is 0 Å². The predicted octanol–water partition coefficient (Wildman–Crippen LogP) is 4.67. The molecule has 0 aromatic heterocycles. The molecular weight excluding hydrogens is 498 g/mol. The third kappa shape index (κ3) is 6.81. The Labute approximate surface area is 226 Å². The van der Waals surface area contributed by atoms with Gasteiger partial charge in [0.2, 0.25) is 11.8 Å². The number of rotatable bonds is 10. The molecule has 8 heteroatoms. The van der Waals surface area contributed by atoms with Crippen LogP contribution >= 0.6 is 0 Å². The molecule has 0 spiro atoms. The van der Waals surface area contributed by atoms with E-state index in [4.69, 9.17) is 0 Å². The molecule has 0 heterocycles. The van der Waals surface area contributed by atoms with Gasteiger partial charge in [-0.3, -0.25) is 13.9 Å². The van der Waals surface area contributed by atoms with Crippen molar-refractivity contribution >= 4 is 27.5 Å². The predicted molar refractivity (Wildman–Crippen MR) is 152 cm³/mol. The fourth-order valence-electron chi connectivity index (χ4n) is 4.55. The van der Waals surface area contributed by atoms with E-state index < -0.39 is 28.5 Å². The van der Waals surface area contributed by atoms with Crippen LogP contribution in [0.3, 0.4) is 0 Å². The van der Waals surface area contributed by atoms with Gasteiger partial charge in [0.1, 0.15) is 12.6 Å². The molecule has 0 aliphatic heterocycles. The summed E-state index contributed by atoms with van der Waals surface area (Å²) in [5.41, 5.74) is 4.98. The average molecular weight is 536 g/mol. The van der Waals surface area contributed by atoms with E-state index in [2.05, 4.69) is 5.32 Å². The molecule has 0 radical (unpaired) electrons. The topological polar surface area (TPSA) is 86.8 Å². The second-order valence-corrected chi connectivity index (χ2v) is 11.6. The summed E-state index contributed by atoms with van der Waals surface area (Å²) in [7, 11) is -2.55. The van der Waals surface area contributed by atoms with Gasteiger partial charge >= 0.3 is 0 Å². The largest absolute Gasteiger partial charge is 0.357 e. The van der Waals surface area contributed by atoms with E-state index in [9.17, 15) is 18.0 Å². The second-order valence-electron chi connectivity index (χ2n) is 9.72. The van der Waals surface area contributed by atoms with E-state index in [0.717, 1.165) is 32.1 Å². The maximum absolute atomic E-state index is 14.0. The smallest absolute Gasteiger partial charge is 0.264 e. The number of nitrogens with zero attached hydrogens (tertiary/aromatic N) is 2. The molecule has 1 N–H and O–H groups in total. The highest BCUT2D eigenvalue weighted by Gasteiger charge is 2.33. The van der Waals surface area contributed by atoms with Crippen molar-refractivity contribution in [2.24, 2.45) is 0 Å². The molecular formula is C30H37N3O4S. The normalized spacial score (nSPS) is 12.1. The number of nitrogens with one attached hydrogen (secondary N) is 1. The Balaban J connectivity index is 2.10. The first-order valence-corrected chi connectivity index (χ1v) is 14.1. The van der Waals surface area contributed by atoms with Crippen LogP contribution in [0, 0.1) is 27.7 Å². The quantitative estimate of drug-likeness (QED) is 0.409. The maximum atomic E-state index is 14.0. The van der Waals surface area contributed by atoms with E-state index in [1.807, 2.05) is 65.0 Å². The summed E-state index contributed by atoms with van der Waals surface area (Å²) >= 11 is 0. The number of sulfonamides is 1. The number of carbonyl (C=O) groups excluding carboxylic acids is 2. The lowest BCUT2D eigenvalue weighted by molar-refractivity contribution is -0.140. The fourth-order valence-corrected chi connectivity index (χ4v) is 5.95. The number of hydrogen-bond donors (Lipinski definition) is 1. The average Bonchev–Trinajstić information content (AvgIpc) is 2.86. The van der Waals surface area contributed by atoms with Gasteiger partial charge in [0, 0.05) is 13.6 Å². The van der Waals surface area contributed by atoms with Crippen molar-refractivity contribution in [3.63, 3.8) is 0 Å². The van der Waals surface area contributed by atoms with E-state index in [1.165, 1.54) is 11.9 Å². The Morgan fingerprint density at radius 2 is 1.47 bits per heavy atom. The van der Waals surface area contributed by atoms with Gasteiger partial charge in [-0.25, -0.2) is 8.42 Å². The molecule has 0 bridgehead atoms. The zero-order valence-corrected chi connectivity index (χ0v) is 23.8. The zero-order chi connectivity index (χ0) is 28.0. The van der Waals surface area contributed by atoms with Gasteiger partial charge in [-0.2, -0.15) is 0 Å². The zero-order valence-electron chi connectivity index (χ0n) is 23.0. The minimum atomic E-state index is -4.09. The Bertz CT molecular complexity index is 1380. The lowest BCUT2D eigenvalue weighted by Gasteiger charge is -2.33. The first kappa shape index (κ1) is 28.9. The van der Waals surface area contributed by atoms with Gasteiger partial charge in [-0.05, 0) is 75.1 Å². The number of carbonyl (C=O) groups is 2. The maximum Gasteiger partial charge on any atom is 0.264 e. The number of benzene rings is 3. The van der Waals surface area contributed by atoms with Crippen molar-refractivity contribution in [2.45, 2.75) is 58.5 Å². The first-order chi connectivity index (χ1) is 18.0. The van der Waals surface area contributed by atoms with Crippen molar-refractivity contribution in [1.29, 1.82) is 0 Å². The van der Waals surface area contributed by atoms with Gasteiger partial charge in [0.25, 0.3) is 10.0 Å². The number of likely N-dealkylation sites (N-methyl/N-ethyl adjacent to an activating group) is 1. The molecule has 0 fully saturated rings. The SMILES string of the molecule is CC[C@H](C(=O)NC)N(Cc1cccc(C)c1)C(=O)CN(c1cc(C)cc(C)c1)S(=O)(=O)c1ccc(C)cc1. The van der Waals surface area contributed by atoms with Crippen molar-refractivity contribution in [1.82, 2.24) is 10.2 Å². The molecule has 3 aromatic carbocycles.